The van der Waals surface area contributed by atoms with Crippen molar-refractivity contribution < 1.29 is 54.2 Å². The van der Waals surface area contributed by atoms with E-state index in [9.17, 15) is 40.4 Å². The maximum absolute atomic E-state index is 11.8. The van der Waals surface area contributed by atoms with E-state index in [4.69, 9.17) is 24.7 Å². The van der Waals surface area contributed by atoms with Crippen molar-refractivity contribution in [2.75, 3.05) is 13.2 Å². The van der Waals surface area contributed by atoms with E-state index in [1.807, 2.05) is 0 Å². The van der Waals surface area contributed by atoms with E-state index in [1.165, 1.54) is 31.2 Å². The van der Waals surface area contributed by atoms with E-state index in [0.717, 1.165) is 0 Å². The van der Waals surface area contributed by atoms with Gasteiger partial charge in [0.2, 0.25) is 12.2 Å². The molecule has 0 radical (unpaired) electrons. The van der Waals surface area contributed by atoms with E-state index in [-0.39, 0.29) is 11.4 Å². The molecule has 3 rings (SSSR count). The molecular weight excluding hydrogens is 474 g/mol. The highest BCUT2D eigenvalue weighted by molar-refractivity contribution is 5.73. The summed E-state index contributed by atoms with van der Waals surface area (Å²) in [6.07, 6.45) is -11.1. The van der Waals surface area contributed by atoms with Crippen molar-refractivity contribution in [2.24, 2.45) is 5.73 Å². The minimum atomic E-state index is -1.56. The third-order valence-corrected chi connectivity index (χ3v) is 5.74. The van der Waals surface area contributed by atoms with Crippen molar-refractivity contribution in [3.63, 3.8) is 0 Å². The van der Waals surface area contributed by atoms with Crippen molar-refractivity contribution in [1.29, 1.82) is 0 Å². The average molecular weight is 503 g/mol. The minimum absolute atomic E-state index is 0.125. The summed E-state index contributed by atoms with van der Waals surface area (Å²) in [5.41, 5.74) is 5.71. The van der Waals surface area contributed by atoms with E-state index in [2.05, 4.69) is 5.32 Å². The second-order valence-corrected chi connectivity index (χ2v) is 8.20. The molecule has 0 bridgehead atoms. The molecule has 15 heteroatoms. The maximum Gasteiger partial charge on any atom is 0.269 e. The third kappa shape index (κ3) is 6.03. The largest absolute Gasteiger partial charge is 0.463 e. The number of carbonyl (C=O) groups excluding carboxylic acids is 1. The number of non-ortho nitro benzene ring substituents is 1. The molecular formula is C20H29N3O12. The monoisotopic (exact) mass is 503 g/mol. The van der Waals surface area contributed by atoms with Crippen LogP contribution in [-0.4, -0.2) is 111 Å². The number of hydrogen-bond donors (Lipinski definition) is 7. The van der Waals surface area contributed by atoms with Crippen LogP contribution in [0.1, 0.15) is 6.92 Å². The molecule has 1 aromatic carbocycles. The lowest BCUT2D eigenvalue weighted by molar-refractivity contribution is -0.384. The topological polar surface area (TPSA) is 236 Å². The van der Waals surface area contributed by atoms with E-state index in [1.54, 1.807) is 0 Å². The van der Waals surface area contributed by atoms with Gasteiger partial charge in [-0.3, -0.25) is 14.9 Å². The number of aliphatic hydroxyl groups excluding tert-OH is 5. The van der Waals surface area contributed by atoms with Gasteiger partial charge < -0.3 is 55.5 Å². The Balaban J connectivity index is 1.81. The average Bonchev–Trinajstić information content (AvgIpc) is 2.83. The molecule has 0 aliphatic carbocycles. The summed E-state index contributed by atoms with van der Waals surface area (Å²) in [7, 11) is 0. The van der Waals surface area contributed by atoms with Gasteiger partial charge in [0.25, 0.3) is 5.69 Å². The molecule has 1 amide bonds. The Kier molecular flexibility index (Phi) is 8.92. The third-order valence-electron chi connectivity index (χ3n) is 5.74. The lowest BCUT2D eigenvalue weighted by atomic mass is 9.95. The Hall–Kier alpha value is -2.47. The normalized spacial score (nSPS) is 37.5. The van der Waals surface area contributed by atoms with Crippen LogP contribution in [0, 0.1) is 10.1 Å². The lowest BCUT2D eigenvalue weighted by Gasteiger charge is -2.47. The molecule has 2 saturated heterocycles. The number of benzene rings is 1. The number of aliphatic hydroxyl groups is 5. The number of amides is 1. The van der Waals surface area contributed by atoms with Gasteiger partial charge in [-0.25, -0.2) is 0 Å². The Morgan fingerprint density at radius 3 is 2.20 bits per heavy atom. The van der Waals surface area contributed by atoms with Gasteiger partial charge in [-0.15, -0.1) is 0 Å². The van der Waals surface area contributed by atoms with Gasteiger partial charge in [-0.2, -0.15) is 0 Å². The van der Waals surface area contributed by atoms with Crippen LogP contribution in [0.2, 0.25) is 0 Å². The Bertz CT molecular complexity index is 871. The Labute approximate surface area is 199 Å². The van der Waals surface area contributed by atoms with Gasteiger partial charge in [0.15, 0.2) is 6.29 Å². The van der Waals surface area contributed by atoms with Gasteiger partial charge in [0, 0.05) is 19.1 Å². The second kappa shape index (κ2) is 11.5. The zero-order chi connectivity index (χ0) is 25.9. The number of nitro groups is 1. The molecule has 1 aromatic rings. The summed E-state index contributed by atoms with van der Waals surface area (Å²) in [6, 6.07) is 2.46. The van der Waals surface area contributed by atoms with Crippen LogP contribution in [0.4, 0.5) is 5.69 Å². The lowest BCUT2D eigenvalue weighted by Crippen LogP contribution is -2.69. The molecule has 0 spiro atoms. The van der Waals surface area contributed by atoms with Crippen molar-refractivity contribution in [3.05, 3.63) is 34.4 Å². The predicted octanol–water partition coefficient (Wildman–Crippen LogP) is -3.29. The predicted molar refractivity (Wildman–Crippen MR) is 114 cm³/mol. The molecule has 2 aliphatic heterocycles. The number of nitrogens with zero attached hydrogens (tertiary/aromatic N) is 1. The molecule has 2 heterocycles. The molecule has 15 nitrogen and oxygen atoms in total. The smallest absolute Gasteiger partial charge is 0.269 e. The summed E-state index contributed by atoms with van der Waals surface area (Å²) in [6.45, 7) is -0.143. The highest BCUT2D eigenvalue weighted by atomic mass is 16.7. The molecule has 10 atom stereocenters. The number of rotatable bonds is 8. The fourth-order valence-electron chi connectivity index (χ4n) is 3.89. The van der Waals surface area contributed by atoms with Crippen molar-refractivity contribution in [1.82, 2.24) is 5.32 Å². The Morgan fingerprint density at radius 1 is 1.06 bits per heavy atom. The highest BCUT2D eigenvalue weighted by Crippen LogP contribution is 2.30. The molecule has 0 unspecified atom stereocenters. The summed E-state index contributed by atoms with van der Waals surface area (Å²) in [5, 5.41) is 63.8. The van der Waals surface area contributed by atoms with Crippen molar-refractivity contribution in [2.45, 2.75) is 68.2 Å². The SMILES string of the molecule is CC(=O)N[C@@H]1[C@@H](Oc2ccc([N+](=O)[O-])cc2)O[C@H](CO)[C@@H](O[C@@H]2O[C@H](CO)[C@@H](O)[C@H](O)[C@@H]2N)[C@@H]1O. The van der Waals surface area contributed by atoms with Crippen LogP contribution in [0.5, 0.6) is 5.75 Å². The summed E-state index contributed by atoms with van der Waals surface area (Å²) in [5.74, 6) is -0.430. The number of nitro benzene ring substituents is 1. The van der Waals surface area contributed by atoms with Crippen LogP contribution in [0.25, 0.3) is 0 Å². The van der Waals surface area contributed by atoms with Gasteiger partial charge >= 0.3 is 0 Å². The number of hydrogen-bond acceptors (Lipinski definition) is 13. The van der Waals surface area contributed by atoms with Crippen molar-refractivity contribution >= 4 is 11.6 Å². The van der Waals surface area contributed by atoms with E-state index < -0.39 is 85.3 Å². The maximum atomic E-state index is 11.8. The molecule has 0 aromatic heterocycles. The fraction of sp³-hybridized carbons (Fsp3) is 0.650. The number of carbonyl (C=O) groups is 1. The standard InChI is InChI=1S/C20H29N3O12/c1-8(26)22-14-17(29)18(35-19-13(21)16(28)15(27)11(6-24)33-19)12(7-25)34-20(14)32-10-4-2-9(3-5-10)23(30)31/h2-5,11-20,24-25,27-29H,6-7,21H2,1H3,(H,22,26)/t11-,12-,13+,14+,15-,16-,17-,18-,19+,20+/m1/s1. The highest BCUT2D eigenvalue weighted by Gasteiger charge is 2.51. The second-order valence-electron chi connectivity index (χ2n) is 8.20. The first-order valence-electron chi connectivity index (χ1n) is 10.7. The van der Waals surface area contributed by atoms with Crippen molar-refractivity contribution in [3.8, 4) is 5.75 Å². The van der Waals surface area contributed by atoms with Gasteiger partial charge in [-0.1, -0.05) is 0 Å². The number of nitrogens with one attached hydrogen (secondary N) is 1. The molecule has 35 heavy (non-hydrogen) atoms. The van der Waals surface area contributed by atoms with Crippen LogP contribution >= 0.6 is 0 Å². The molecule has 8 N–H and O–H groups in total. The number of nitrogens with two attached hydrogens (primary N) is 1. The fourth-order valence-corrected chi connectivity index (χ4v) is 3.89. The van der Waals surface area contributed by atoms with Crippen LogP contribution in [-0.2, 0) is 19.0 Å². The van der Waals surface area contributed by atoms with E-state index >= 15 is 0 Å². The first kappa shape index (κ1) is 27.1. The van der Waals surface area contributed by atoms with E-state index in [0.29, 0.717) is 0 Å². The van der Waals surface area contributed by atoms with Gasteiger partial charge in [0.05, 0.1) is 24.2 Å². The van der Waals surface area contributed by atoms with Crippen LogP contribution in [0.15, 0.2) is 24.3 Å². The Morgan fingerprint density at radius 2 is 1.66 bits per heavy atom. The van der Waals surface area contributed by atoms with Gasteiger partial charge in [0.1, 0.15) is 48.4 Å². The van der Waals surface area contributed by atoms with Crippen LogP contribution < -0.4 is 15.8 Å². The van der Waals surface area contributed by atoms with Gasteiger partial charge in [-0.05, 0) is 12.1 Å². The zero-order valence-corrected chi connectivity index (χ0v) is 18.6. The van der Waals surface area contributed by atoms with Crippen LogP contribution in [0.3, 0.4) is 0 Å². The molecule has 0 saturated carbocycles. The zero-order valence-electron chi connectivity index (χ0n) is 18.6. The molecule has 2 fully saturated rings. The number of ether oxygens (including phenoxy) is 4. The summed E-state index contributed by atoms with van der Waals surface area (Å²) in [4.78, 5) is 22.1. The minimum Gasteiger partial charge on any atom is -0.463 e. The quantitative estimate of drug-likeness (QED) is 0.136. The first-order valence-corrected chi connectivity index (χ1v) is 10.7. The summed E-state index contributed by atoms with van der Waals surface area (Å²) < 4.78 is 22.5. The molecule has 196 valence electrons. The first-order chi connectivity index (χ1) is 16.6. The summed E-state index contributed by atoms with van der Waals surface area (Å²) >= 11 is 0. The molecule has 2 aliphatic rings.